The topological polar surface area (TPSA) is 55.5 Å². The van der Waals surface area contributed by atoms with Crippen molar-refractivity contribution in [3.8, 4) is 5.75 Å². The van der Waals surface area contributed by atoms with Crippen molar-refractivity contribution in [1.82, 2.24) is 0 Å². The summed E-state index contributed by atoms with van der Waals surface area (Å²) < 4.78 is 5.29. The third-order valence-corrected chi connectivity index (χ3v) is 3.90. The maximum absolute atomic E-state index is 10.7. The number of ether oxygens (including phenoxy) is 1. The molecule has 0 fully saturated rings. The van der Waals surface area contributed by atoms with E-state index in [1.165, 1.54) is 0 Å². The van der Waals surface area contributed by atoms with Gasteiger partial charge in [-0.2, -0.15) is 0 Å². The first kappa shape index (κ1) is 16.1. The summed E-state index contributed by atoms with van der Waals surface area (Å²) >= 11 is 12.0. The molecule has 0 heterocycles. The molecule has 5 heteroatoms. The summed E-state index contributed by atoms with van der Waals surface area (Å²) in [5.74, 6) is 0.259. The zero-order valence-corrected chi connectivity index (χ0v) is 13.1. The summed E-state index contributed by atoms with van der Waals surface area (Å²) in [6.07, 6.45) is -0.805. The summed E-state index contributed by atoms with van der Waals surface area (Å²) in [5, 5.41) is 11.8. The van der Waals surface area contributed by atoms with Gasteiger partial charge in [-0.05, 0) is 29.8 Å². The lowest BCUT2D eigenvalue weighted by molar-refractivity contribution is 0.144. The Morgan fingerprint density at radius 3 is 2.48 bits per heavy atom. The van der Waals surface area contributed by atoms with Crippen LogP contribution in [-0.4, -0.2) is 18.8 Å². The van der Waals surface area contributed by atoms with Crippen molar-refractivity contribution in [3.63, 3.8) is 0 Å². The van der Waals surface area contributed by atoms with Gasteiger partial charge in [0.05, 0.1) is 13.2 Å². The SMILES string of the molecule is COc1cc(Cl)ccc1C(O)C(CN)c1cccc(Cl)c1. The van der Waals surface area contributed by atoms with Crippen molar-refractivity contribution in [3.05, 3.63) is 63.6 Å². The van der Waals surface area contributed by atoms with Gasteiger partial charge in [-0.15, -0.1) is 0 Å². The van der Waals surface area contributed by atoms with E-state index in [0.29, 0.717) is 21.4 Å². The number of halogens is 2. The molecule has 0 saturated heterocycles. The highest BCUT2D eigenvalue weighted by Crippen LogP contribution is 2.37. The molecule has 2 atom stereocenters. The van der Waals surface area contributed by atoms with Gasteiger partial charge in [0.1, 0.15) is 5.75 Å². The average molecular weight is 326 g/mol. The third-order valence-electron chi connectivity index (χ3n) is 3.43. The van der Waals surface area contributed by atoms with Crippen LogP contribution in [0.1, 0.15) is 23.1 Å². The van der Waals surface area contributed by atoms with Gasteiger partial charge in [-0.25, -0.2) is 0 Å². The molecule has 0 bridgehead atoms. The van der Waals surface area contributed by atoms with Crippen LogP contribution in [0, 0.1) is 0 Å². The Morgan fingerprint density at radius 2 is 1.86 bits per heavy atom. The number of hydrogen-bond acceptors (Lipinski definition) is 3. The van der Waals surface area contributed by atoms with Crippen LogP contribution in [0.5, 0.6) is 5.75 Å². The smallest absolute Gasteiger partial charge is 0.126 e. The minimum Gasteiger partial charge on any atom is -0.496 e. The molecule has 2 aromatic rings. The first-order chi connectivity index (χ1) is 10.1. The Morgan fingerprint density at radius 1 is 1.14 bits per heavy atom. The van der Waals surface area contributed by atoms with Crippen molar-refractivity contribution in [2.24, 2.45) is 5.73 Å². The highest BCUT2D eigenvalue weighted by Gasteiger charge is 2.24. The number of methoxy groups -OCH3 is 1. The number of aliphatic hydroxyl groups is 1. The lowest BCUT2D eigenvalue weighted by atomic mass is 9.89. The molecular formula is C16H17Cl2NO2. The molecule has 3 nitrogen and oxygen atoms in total. The standard InChI is InChI=1S/C16H17Cl2NO2/c1-21-15-8-12(18)5-6-13(15)16(20)14(9-19)10-3-2-4-11(17)7-10/h2-8,14,16,20H,9,19H2,1H3. The fourth-order valence-corrected chi connectivity index (χ4v) is 2.69. The number of rotatable bonds is 5. The van der Waals surface area contributed by atoms with Crippen LogP contribution in [0.2, 0.25) is 10.0 Å². The summed E-state index contributed by atoms with van der Waals surface area (Å²) in [6, 6.07) is 12.5. The minimum atomic E-state index is -0.805. The van der Waals surface area contributed by atoms with Gasteiger partial charge in [0.2, 0.25) is 0 Å². The second kappa shape index (κ2) is 7.14. The summed E-state index contributed by atoms with van der Waals surface area (Å²) in [4.78, 5) is 0. The third kappa shape index (κ3) is 3.69. The molecule has 0 aromatic heterocycles. The van der Waals surface area contributed by atoms with Gasteiger partial charge in [0.25, 0.3) is 0 Å². The molecule has 3 N–H and O–H groups in total. The van der Waals surface area contributed by atoms with Crippen molar-refractivity contribution in [1.29, 1.82) is 0 Å². The molecule has 0 saturated carbocycles. The van der Waals surface area contributed by atoms with Crippen molar-refractivity contribution in [2.45, 2.75) is 12.0 Å². The van der Waals surface area contributed by atoms with E-state index in [1.807, 2.05) is 18.2 Å². The van der Waals surface area contributed by atoms with E-state index in [1.54, 1.807) is 31.4 Å². The Labute approximate surface area is 134 Å². The first-order valence-corrected chi connectivity index (χ1v) is 7.29. The van der Waals surface area contributed by atoms with Gasteiger partial charge in [0.15, 0.2) is 0 Å². The van der Waals surface area contributed by atoms with E-state index in [0.717, 1.165) is 5.56 Å². The average Bonchev–Trinajstić information content (AvgIpc) is 2.47. The Balaban J connectivity index is 2.38. The number of benzene rings is 2. The van der Waals surface area contributed by atoms with Crippen molar-refractivity contribution in [2.75, 3.05) is 13.7 Å². The highest BCUT2D eigenvalue weighted by molar-refractivity contribution is 6.31. The lowest BCUT2D eigenvalue weighted by Gasteiger charge is -2.24. The van der Waals surface area contributed by atoms with Crippen molar-refractivity contribution >= 4 is 23.2 Å². The van der Waals surface area contributed by atoms with E-state index in [9.17, 15) is 5.11 Å². The van der Waals surface area contributed by atoms with Crippen LogP contribution in [0.25, 0.3) is 0 Å². The quantitative estimate of drug-likeness (QED) is 0.879. The summed E-state index contributed by atoms with van der Waals surface area (Å²) in [6.45, 7) is 0.285. The molecule has 0 amide bonds. The molecule has 2 aromatic carbocycles. The van der Waals surface area contributed by atoms with Gasteiger partial charge in [0, 0.05) is 28.1 Å². The second-order valence-electron chi connectivity index (χ2n) is 4.73. The normalized spacial score (nSPS) is 13.8. The molecule has 0 aliphatic heterocycles. The van der Waals surface area contributed by atoms with E-state index in [4.69, 9.17) is 33.7 Å². The van der Waals surface area contributed by atoms with E-state index in [2.05, 4.69) is 0 Å². The molecule has 0 aliphatic carbocycles. The highest BCUT2D eigenvalue weighted by atomic mass is 35.5. The van der Waals surface area contributed by atoms with E-state index in [-0.39, 0.29) is 12.5 Å². The molecule has 2 rings (SSSR count). The molecule has 0 radical (unpaired) electrons. The zero-order valence-electron chi connectivity index (χ0n) is 11.6. The summed E-state index contributed by atoms with van der Waals surface area (Å²) in [7, 11) is 1.54. The monoisotopic (exact) mass is 325 g/mol. The number of hydrogen-bond donors (Lipinski definition) is 2. The van der Waals surface area contributed by atoms with Crippen LogP contribution >= 0.6 is 23.2 Å². The molecular weight excluding hydrogens is 309 g/mol. The predicted molar refractivity (Wildman–Crippen MR) is 86.2 cm³/mol. The van der Waals surface area contributed by atoms with Crippen molar-refractivity contribution < 1.29 is 9.84 Å². The maximum Gasteiger partial charge on any atom is 0.126 e. The fourth-order valence-electron chi connectivity index (χ4n) is 2.33. The largest absolute Gasteiger partial charge is 0.496 e. The Kier molecular flexibility index (Phi) is 5.48. The Bertz CT molecular complexity index is 619. The number of nitrogens with two attached hydrogens (primary N) is 1. The summed E-state index contributed by atoms with van der Waals surface area (Å²) in [5.41, 5.74) is 7.38. The molecule has 112 valence electrons. The lowest BCUT2D eigenvalue weighted by Crippen LogP contribution is -2.20. The van der Waals surface area contributed by atoms with Gasteiger partial charge >= 0.3 is 0 Å². The molecule has 0 aliphatic rings. The van der Waals surface area contributed by atoms with Crippen LogP contribution < -0.4 is 10.5 Å². The van der Waals surface area contributed by atoms with Crippen LogP contribution in [0.15, 0.2) is 42.5 Å². The van der Waals surface area contributed by atoms with Crippen LogP contribution in [-0.2, 0) is 0 Å². The molecule has 21 heavy (non-hydrogen) atoms. The zero-order chi connectivity index (χ0) is 15.4. The van der Waals surface area contributed by atoms with E-state index < -0.39 is 6.10 Å². The maximum atomic E-state index is 10.7. The van der Waals surface area contributed by atoms with Crippen LogP contribution in [0.4, 0.5) is 0 Å². The van der Waals surface area contributed by atoms with Gasteiger partial charge in [-0.3, -0.25) is 0 Å². The minimum absolute atomic E-state index is 0.279. The Hall–Kier alpha value is -1.26. The second-order valence-corrected chi connectivity index (χ2v) is 5.60. The molecule has 0 spiro atoms. The van der Waals surface area contributed by atoms with Gasteiger partial charge in [-0.1, -0.05) is 41.4 Å². The van der Waals surface area contributed by atoms with Crippen LogP contribution in [0.3, 0.4) is 0 Å². The van der Waals surface area contributed by atoms with Gasteiger partial charge < -0.3 is 15.6 Å². The number of aliphatic hydroxyl groups excluding tert-OH is 1. The predicted octanol–water partition coefficient (Wildman–Crippen LogP) is 3.78. The fraction of sp³-hybridized carbons (Fsp3) is 0.250. The van der Waals surface area contributed by atoms with E-state index >= 15 is 0 Å². The first-order valence-electron chi connectivity index (χ1n) is 6.54. The molecule has 2 unspecified atom stereocenters.